The molecular formula is C13H15ClO2S. The fourth-order valence-corrected chi connectivity index (χ4v) is 2.26. The lowest BCUT2D eigenvalue weighted by atomic mass is 10.1. The minimum atomic E-state index is -3.14. The monoisotopic (exact) mass is 270 g/mol. The number of rotatable bonds is 1. The summed E-state index contributed by atoms with van der Waals surface area (Å²) in [5.41, 5.74) is 0. The molecule has 0 saturated carbocycles. The Bertz CT molecular complexity index is 618. The summed E-state index contributed by atoms with van der Waals surface area (Å²) >= 11 is 5.83. The molecule has 0 aliphatic rings. The SMILES string of the molecule is CC.CS(=O)(=O)c1ccc2cc(Cl)ccc2c1. The van der Waals surface area contributed by atoms with Crippen molar-refractivity contribution in [3.63, 3.8) is 0 Å². The molecule has 0 aliphatic heterocycles. The molecule has 0 unspecified atom stereocenters. The van der Waals surface area contributed by atoms with E-state index >= 15 is 0 Å². The Morgan fingerprint density at radius 3 is 2.06 bits per heavy atom. The predicted octanol–water partition coefficient (Wildman–Crippen LogP) is 3.92. The van der Waals surface area contributed by atoms with Crippen LogP contribution in [0.3, 0.4) is 0 Å². The molecule has 2 aromatic rings. The third-order valence-electron chi connectivity index (χ3n) is 2.20. The van der Waals surface area contributed by atoms with E-state index < -0.39 is 9.84 Å². The molecule has 2 aromatic carbocycles. The summed E-state index contributed by atoms with van der Waals surface area (Å²) in [5, 5.41) is 2.46. The average Bonchev–Trinajstić information content (AvgIpc) is 2.29. The van der Waals surface area contributed by atoms with E-state index in [0.29, 0.717) is 9.92 Å². The highest BCUT2D eigenvalue weighted by Crippen LogP contribution is 2.22. The lowest BCUT2D eigenvalue weighted by Gasteiger charge is -2.01. The second-order valence-corrected chi connectivity index (χ2v) is 5.88. The molecule has 0 fully saturated rings. The zero-order valence-electron chi connectivity index (χ0n) is 10.1. The van der Waals surface area contributed by atoms with E-state index in [4.69, 9.17) is 11.6 Å². The van der Waals surface area contributed by atoms with Crippen molar-refractivity contribution in [2.75, 3.05) is 6.26 Å². The van der Waals surface area contributed by atoms with Crippen LogP contribution in [-0.2, 0) is 9.84 Å². The summed E-state index contributed by atoms with van der Waals surface area (Å²) in [7, 11) is -3.14. The van der Waals surface area contributed by atoms with Gasteiger partial charge in [-0.2, -0.15) is 0 Å². The fourth-order valence-electron chi connectivity index (χ4n) is 1.43. The highest BCUT2D eigenvalue weighted by atomic mass is 35.5. The second-order valence-electron chi connectivity index (χ2n) is 3.43. The first-order valence-corrected chi connectivity index (χ1v) is 7.63. The molecule has 0 spiro atoms. The van der Waals surface area contributed by atoms with Gasteiger partial charge in [-0.25, -0.2) is 8.42 Å². The van der Waals surface area contributed by atoms with E-state index in [1.165, 1.54) is 6.26 Å². The maximum atomic E-state index is 11.3. The summed E-state index contributed by atoms with van der Waals surface area (Å²) in [6.07, 6.45) is 1.20. The van der Waals surface area contributed by atoms with Crippen LogP contribution in [0.4, 0.5) is 0 Å². The second kappa shape index (κ2) is 5.52. The number of sulfone groups is 1. The van der Waals surface area contributed by atoms with Crippen molar-refractivity contribution in [3.8, 4) is 0 Å². The molecule has 4 heteroatoms. The molecule has 0 N–H and O–H groups in total. The number of hydrogen-bond acceptors (Lipinski definition) is 2. The van der Waals surface area contributed by atoms with Gasteiger partial charge in [-0.3, -0.25) is 0 Å². The van der Waals surface area contributed by atoms with Gasteiger partial charge in [-0.15, -0.1) is 0 Å². The average molecular weight is 271 g/mol. The Labute approximate surface area is 107 Å². The summed E-state index contributed by atoms with van der Waals surface area (Å²) in [4.78, 5) is 0.331. The van der Waals surface area contributed by atoms with E-state index in [1.807, 2.05) is 26.0 Å². The molecule has 0 radical (unpaired) electrons. The van der Waals surface area contributed by atoms with Crippen LogP contribution in [0, 0.1) is 0 Å². The number of fused-ring (bicyclic) bond motifs is 1. The topological polar surface area (TPSA) is 34.1 Å². The van der Waals surface area contributed by atoms with Gasteiger partial charge in [0.25, 0.3) is 0 Å². The smallest absolute Gasteiger partial charge is 0.175 e. The van der Waals surface area contributed by atoms with Gasteiger partial charge in [0.2, 0.25) is 0 Å². The number of hydrogen-bond donors (Lipinski definition) is 0. The van der Waals surface area contributed by atoms with Gasteiger partial charge < -0.3 is 0 Å². The number of benzene rings is 2. The molecular weight excluding hydrogens is 256 g/mol. The molecule has 2 rings (SSSR count). The third kappa shape index (κ3) is 3.45. The van der Waals surface area contributed by atoms with Crippen LogP contribution in [-0.4, -0.2) is 14.7 Å². The zero-order valence-corrected chi connectivity index (χ0v) is 11.6. The Kier molecular flexibility index (Phi) is 4.54. The van der Waals surface area contributed by atoms with E-state index in [1.54, 1.807) is 24.3 Å². The molecule has 92 valence electrons. The lowest BCUT2D eigenvalue weighted by molar-refractivity contribution is 0.602. The first-order valence-electron chi connectivity index (χ1n) is 5.36. The van der Waals surface area contributed by atoms with Crippen LogP contribution in [0.2, 0.25) is 5.02 Å². The van der Waals surface area contributed by atoms with Crippen LogP contribution in [0.1, 0.15) is 13.8 Å². The fraction of sp³-hybridized carbons (Fsp3) is 0.231. The van der Waals surface area contributed by atoms with Crippen molar-refractivity contribution < 1.29 is 8.42 Å². The van der Waals surface area contributed by atoms with E-state index in [0.717, 1.165) is 10.8 Å². The minimum absolute atomic E-state index is 0.331. The molecule has 2 nitrogen and oxygen atoms in total. The Balaban J connectivity index is 0.000000686. The summed E-state index contributed by atoms with van der Waals surface area (Å²) in [5.74, 6) is 0. The van der Waals surface area contributed by atoms with Gasteiger partial charge in [0.15, 0.2) is 9.84 Å². The lowest BCUT2D eigenvalue weighted by Crippen LogP contribution is -1.96. The normalized spacial score (nSPS) is 10.8. The third-order valence-corrected chi connectivity index (χ3v) is 3.55. The molecule has 17 heavy (non-hydrogen) atoms. The summed E-state index contributed by atoms with van der Waals surface area (Å²) in [6.45, 7) is 4.00. The van der Waals surface area contributed by atoms with Crippen molar-refractivity contribution in [2.45, 2.75) is 18.7 Å². The Morgan fingerprint density at radius 2 is 1.47 bits per heavy atom. The van der Waals surface area contributed by atoms with Crippen LogP contribution < -0.4 is 0 Å². The summed E-state index contributed by atoms with van der Waals surface area (Å²) in [6, 6.07) is 10.4. The molecule has 0 amide bonds. The molecule has 0 heterocycles. The van der Waals surface area contributed by atoms with Gasteiger partial charge in [-0.1, -0.05) is 37.6 Å². The first-order chi connectivity index (χ1) is 7.97. The highest BCUT2D eigenvalue weighted by molar-refractivity contribution is 7.90. The number of halogens is 1. The molecule has 0 bridgehead atoms. The van der Waals surface area contributed by atoms with Gasteiger partial charge in [0, 0.05) is 11.3 Å². The van der Waals surface area contributed by atoms with E-state index in [9.17, 15) is 8.42 Å². The van der Waals surface area contributed by atoms with Crippen LogP contribution in [0.5, 0.6) is 0 Å². The van der Waals surface area contributed by atoms with Crippen LogP contribution in [0.15, 0.2) is 41.3 Å². The highest BCUT2D eigenvalue weighted by Gasteiger charge is 2.07. The first kappa shape index (κ1) is 14.0. The van der Waals surface area contributed by atoms with Gasteiger partial charge >= 0.3 is 0 Å². The molecule has 0 saturated heterocycles. The van der Waals surface area contributed by atoms with Crippen molar-refractivity contribution in [1.29, 1.82) is 0 Å². The maximum Gasteiger partial charge on any atom is 0.175 e. The van der Waals surface area contributed by atoms with Crippen LogP contribution >= 0.6 is 11.6 Å². The zero-order chi connectivity index (χ0) is 13.1. The van der Waals surface area contributed by atoms with E-state index in [-0.39, 0.29) is 0 Å². The van der Waals surface area contributed by atoms with Crippen LogP contribution in [0.25, 0.3) is 10.8 Å². The van der Waals surface area contributed by atoms with Crippen molar-refractivity contribution >= 4 is 32.2 Å². The van der Waals surface area contributed by atoms with Gasteiger partial charge in [0.1, 0.15) is 0 Å². The van der Waals surface area contributed by atoms with Gasteiger partial charge in [0.05, 0.1) is 4.90 Å². The Morgan fingerprint density at radius 1 is 0.941 bits per heavy atom. The predicted molar refractivity (Wildman–Crippen MR) is 73.4 cm³/mol. The maximum absolute atomic E-state index is 11.3. The standard InChI is InChI=1S/C11H9ClO2S.C2H6/c1-15(13,14)11-5-3-8-6-10(12)4-2-9(8)7-11;1-2/h2-7H,1H3;1-2H3. The van der Waals surface area contributed by atoms with E-state index in [2.05, 4.69) is 0 Å². The summed E-state index contributed by atoms with van der Waals surface area (Å²) < 4.78 is 22.6. The quantitative estimate of drug-likeness (QED) is 0.787. The van der Waals surface area contributed by atoms with Gasteiger partial charge in [-0.05, 0) is 35.0 Å². The molecule has 0 aliphatic carbocycles. The van der Waals surface area contributed by atoms with Crippen molar-refractivity contribution in [1.82, 2.24) is 0 Å². The largest absolute Gasteiger partial charge is 0.224 e. The molecule has 0 atom stereocenters. The van der Waals surface area contributed by atoms with Crippen molar-refractivity contribution in [3.05, 3.63) is 41.4 Å². The van der Waals surface area contributed by atoms with Crippen molar-refractivity contribution in [2.24, 2.45) is 0 Å². The molecule has 0 aromatic heterocycles. The minimum Gasteiger partial charge on any atom is -0.224 e. The Hall–Kier alpha value is -1.06.